The number of carbonyl (C=O) groups is 1. The average molecular weight is 444 g/mol. The molecule has 6 nitrogen and oxygen atoms in total. The number of thiazole rings is 1. The van der Waals surface area contributed by atoms with Crippen LogP contribution in [0.2, 0.25) is 0 Å². The van der Waals surface area contributed by atoms with Gasteiger partial charge in [-0.05, 0) is 58.1 Å². The fourth-order valence-electron chi connectivity index (χ4n) is 4.48. The number of anilines is 2. The number of halogens is 1. The summed E-state index contributed by atoms with van der Waals surface area (Å²) in [6, 6.07) is 4.83. The largest absolute Gasteiger partial charge is 0.359 e. The summed E-state index contributed by atoms with van der Waals surface area (Å²) < 4.78 is 14.3. The molecule has 2 aliphatic rings. The second kappa shape index (κ2) is 6.62. The number of benzene rings is 1. The van der Waals surface area contributed by atoms with Gasteiger partial charge in [-0.2, -0.15) is 0 Å². The number of aromatic nitrogens is 3. The molecule has 0 spiro atoms. The molecule has 0 radical (unpaired) electrons. The number of fused-ring (bicyclic) bond motifs is 2. The molecule has 1 fully saturated rings. The molecule has 1 amide bonds. The SMILES string of the molecule is CSc1ncc2c(n1)N(C1(C)CC(Nc3nc4ccc(F)cc4s3)C1)C(=O)C2(C)C. The Morgan fingerprint density at radius 3 is 2.77 bits per heavy atom. The fourth-order valence-corrected chi connectivity index (χ4v) is 5.78. The van der Waals surface area contributed by atoms with E-state index in [1.807, 2.05) is 25.0 Å². The van der Waals surface area contributed by atoms with Crippen molar-refractivity contribution in [1.29, 1.82) is 0 Å². The monoisotopic (exact) mass is 443 g/mol. The van der Waals surface area contributed by atoms with Gasteiger partial charge in [-0.25, -0.2) is 19.3 Å². The van der Waals surface area contributed by atoms with Gasteiger partial charge in [0, 0.05) is 17.8 Å². The van der Waals surface area contributed by atoms with Crippen molar-refractivity contribution in [2.75, 3.05) is 16.5 Å². The highest BCUT2D eigenvalue weighted by Crippen LogP contribution is 2.50. The first-order valence-corrected chi connectivity index (χ1v) is 11.8. The summed E-state index contributed by atoms with van der Waals surface area (Å²) in [5.41, 5.74) is 0.725. The lowest BCUT2D eigenvalue weighted by Gasteiger charge is -2.51. The normalized spacial score (nSPS) is 24.8. The summed E-state index contributed by atoms with van der Waals surface area (Å²) in [5.74, 6) is 0.552. The van der Waals surface area contributed by atoms with E-state index in [1.54, 1.807) is 12.3 Å². The van der Waals surface area contributed by atoms with Crippen molar-refractivity contribution in [3.8, 4) is 0 Å². The standard InChI is InChI=1S/C21H22FN5OS2/c1-20(2)13-10-23-18(29-4)26-16(13)27(17(20)28)21(3)8-12(9-21)24-19-25-14-6-5-11(22)7-15(14)30-19/h5-7,10,12H,8-9H2,1-4H3,(H,24,25). The van der Waals surface area contributed by atoms with Crippen molar-refractivity contribution < 1.29 is 9.18 Å². The minimum atomic E-state index is -0.634. The quantitative estimate of drug-likeness (QED) is 0.469. The highest BCUT2D eigenvalue weighted by atomic mass is 32.2. The van der Waals surface area contributed by atoms with E-state index in [1.165, 1.54) is 35.2 Å². The van der Waals surface area contributed by atoms with Gasteiger partial charge in [-0.3, -0.25) is 9.69 Å². The molecule has 30 heavy (non-hydrogen) atoms. The van der Waals surface area contributed by atoms with E-state index in [-0.39, 0.29) is 23.3 Å². The van der Waals surface area contributed by atoms with Crippen molar-refractivity contribution >= 4 is 50.2 Å². The first-order chi connectivity index (χ1) is 14.2. The van der Waals surface area contributed by atoms with Crippen LogP contribution in [-0.4, -0.2) is 38.7 Å². The van der Waals surface area contributed by atoms with E-state index in [2.05, 4.69) is 27.2 Å². The molecule has 2 aromatic heterocycles. The summed E-state index contributed by atoms with van der Waals surface area (Å²) in [5, 5.41) is 4.91. The van der Waals surface area contributed by atoms with Crippen molar-refractivity contribution in [1.82, 2.24) is 15.0 Å². The van der Waals surface area contributed by atoms with Crippen LogP contribution < -0.4 is 10.2 Å². The van der Waals surface area contributed by atoms with Crippen LogP contribution >= 0.6 is 23.1 Å². The van der Waals surface area contributed by atoms with Crippen LogP contribution in [-0.2, 0) is 10.2 Å². The van der Waals surface area contributed by atoms with Crippen LogP contribution in [0.5, 0.6) is 0 Å². The van der Waals surface area contributed by atoms with Crippen molar-refractivity contribution in [3.63, 3.8) is 0 Å². The summed E-state index contributed by atoms with van der Waals surface area (Å²) in [6.45, 7) is 5.99. The van der Waals surface area contributed by atoms with Crippen LogP contribution in [0, 0.1) is 5.82 Å². The zero-order chi connectivity index (χ0) is 21.3. The number of carbonyl (C=O) groups excluding carboxylic acids is 1. The Kier molecular flexibility index (Phi) is 4.34. The van der Waals surface area contributed by atoms with Gasteiger partial charge in [0.05, 0.1) is 21.2 Å². The molecule has 5 rings (SSSR count). The van der Waals surface area contributed by atoms with E-state index in [0.29, 0.717) is 5.16 Å². The Morgan fingerprint density at radius 2 is 2.03 bits per heavy atom. The topological polar surface area (TPSA) is 71.0 Å². The predicted octanol–water partition coefficient (Wildman–Crippen LogP) is 4.60. The number of amides is 1. The third kappa shape index (κ3) is 2.90. The number of nitrogens with zero attached hydrogens (tertiary/aromatic N) is 4. The van der Waals surface area contributed by atoms with Gasteiger partial charge in [0.2, 0.25) is 5.91 Å². The molecule has 1 saturated carbocycles. The minimum absolute atomic E-state index is 0.0708. The Bertz CT molecular complexity index is 1170. The summed E-state index contributed by atoms with van der Waals surface area (Å²) in [4.78, 5) is 28.8. The van der Waals surface area contributed by atoms with Crippen molar-refractivity contribution in [3.05, 3.63) is 35.8 Å². The average Bonchev–Trinajstić information content (AvgIpc) is 3.16. The Balaban J connectivity index is 1.38. The number of thioether (sulfide) groups is 1. The molecule has 1 aliphatic heterocycles. The van der Waals surface area contributed by atoms with E-state index in [9.17, 15) is 9.18 Å². The van der Waals surface area contributed by atoms with Gasteiger partial charge in [-0.15, -0.1) is 0 Å². The fraction of sp³-hybridized carbons (Fsp3) is 0.429. The molecule has 1 aliphatic carbocycles. The molecule has 3 heterocycles. The molecule has 156 valence electrons. The highest BCUT2D eigenvalue weighted by molar-refractivity contribution is 7.98. The molecular formula is C21H22FN5OS2. The molecule has 1 aromatic carbocycles. The maximum absolute atomic E-state index is 13.4. The molecule has 1 N–H and O–H groups in total. The van der Waals surface area contributed by atoms with Gasteiger partial charge in [0.25, 0.3) is 0 Å². The van der Waals surface area contributed by atoms with Crippen LogP contribution in [0.3, 0.4) is 0 Å². The Labute approximate surface area is 182 Å². The molecule has 0 saturated heterocycles. The summed E-state index contributed by atoms with van der Waals surface area (Å²) in [6.07, 6.45) is 5.31. The maximum atomic E-state index is 13.4. The Hall–Kier alpha value is -2.26. The first-order valence-electron chi connectivity index (χ1n) is 9.80. The van der Waals surface area contributed by atoms with Crippen molar-refractivity contribution in [2.45, 2.75) is 55.8 Å². The molecule has 0 atom stereocenters. The second-order valence-corrected chi connectivity index (χ2v) is 10.5. The van der Waals surface area contributed by atoms with Gasteiger partial charge < -0.3 is 5.32 Å². The summed E-state index contributed by atoms with van der Waals surface area (Å²) >= 11 is 2.92. The summed E-state index contributed by atoms with van der Waals surface area (Å²) in [7, 11) is 0. The zero-order valence-electron chi connectivity index (χ0n) is 17.2. The van der Waals surface area contributed by atoms with E-state index in [0.717, 1.165) is 39.6 Å². The minimum Gasteiger partial charge on any atom is -0.359 e. The number of hydrogen-bond acceptors (Lipinski definition) is 7. The van der Waals surface area contributed by atoms with Gasteiger partial charge in [0.1, 0.15) is 11.6 Å². The first kappa shape index (κ1) is 19.7. The predicted molar refractivity (Wildman–Crippen MR) is 119 cm³/mol. The molecule has 3 aromatic rings. The maximum Gasteiger partial charge on any atom is 0.238 e. The third-order valence-corrected chi connectivity index (χ3v) is 7.65. The lowest BCUT2D eigenvalue weighted by Crippen LogP contribution is -2.62. The molecule has 9 heteroatoms. The zero-order valence-corrected chi connectivity index (χ0v) is 18.8. The van der Waals surface area contributed by atoms with E-state index >= 15 is 0 Å². The Morgan fingerprint density at radius 1 is 1.27 bits per heavy atom. The molecular weight excluding hydrogens is 421 g/mol. The van der Waals surface area contributed by atoms with E-state index in [4.69, 9.17) is 0 Å². The number of nitrogens with one attached hydrogen (secondary N) is 1. The highest BCUT2D eigenvalue weighted by Gasteiger charge is 2.56. The van der Waals surface area contributed by atoms with Gasteiger partial charge in [0.15, 0.2) is 10.3 Å². The van der Waals surface area contributed by atoms with Crippen LogP contribution in [0.15, 0.2) is 29.6 Å². The lowest BCUT2D eigenvalue weighted by atomic mass is 9.72. The second-order valence-electron chi connectivity index (χ2n) is 8.74. The number of hydrogen-bond donors (Lipinski definition) is 1. The lowest BCUT2D eigenvalue weighted by molar-refractivity contribution is -0.123. The van der Waals surface area contributed by atoms with Crippen molar-refractivity contribution in [2.24, 2.45) is 0 Å². The molecule has 0 unspecified atom stereocenters. The van der Waals surface area contributed by atoms with Gasteiger partial charge >= 0.3 is 0 Å². The third-order valence-electron chi connectivity index (χ3n) is 6.14. The van der Waals surface area contributed by atoms with Crippen LogP contribution in [0.4, 0.5) is 15.3 Å². The smallest absolute Gasteiger partial charge is 0.238 e. The van der Waals surface area contributed by atoms with Gasteiger partial charge in [-0.1, -0.05) is 23.1 Å². The van der Waals surface area contributed by atoms with Crippen LogP contribution in [0.25, 0.3) is 10.2 Å². The van der Waals surface area contributed by atoms with E-state index < -0.39 is 5.41 Å². The van der Waals surface area contributed by atoms with Crippen LogP contribution in [0.1, 0.15) is 39.2 Å². The number of rotatable bonds is 4. The molecule has 0 bridgehead atoms.